The van der Waals surface area contributed by atoms with E-state index in [0.717, 1.165) is 23.6 Å². The second-order valence-electron chi connectivity index (χ2n) is 5.14. The van der Waals surface area contributed by atoms with Gasteiger partial charge < -0.3 is 11.1 Å². The fraction of sp³-hybridized carbons (Fsp3) is 0.188. The fourth-order valence-electron chi connectivity index (χ4n) is 2.71. The number of amides is 1. The number of carbonyl (C=O) groups is 1. The summed E-state index contributed by atoms with van der Waals surface area (Å²) in [7, 11) is 0. The zero-order valence-corrected chi connectivity index (χ0v) is 12.7. The van der Waals surface area contributed by atoms with Gasteiger partial charge in [-0.1, -0.05) is 29.3 Å². The zero-order valence-electron chi connectivity index (χ0n) is 11.2. The van der Waals surface area contributed by atoms with Gasteiger partial charge >= 0.3 is 0 Å². The molecular weight excluding hydrogens is 307 g/mol. The predicted molar refractivity (Wildman–Crippen MR) is 86.1 cm³/mol. The van der Waals surface area contributed by atoms with Crippen molar-refractivity contribution in [2.45, 2.75) is 18.9 Å². The van der Waals surface area contributed by atoms with Crippen LogP contribution in [0.15, 0.2) is 36.4 Å². The summed E-state index contributed by atoms with van der Waals surface area (Å²) < 4.78 is 0. The molecule has 0 bridgehead atoms. The van der Waals surface area contributed by atoms with E-state index in [9.17, 15) is 4.79 Å². The van der Waals surface area contributed by atoms with Crippen LogP contribution in [-0.2, 0) is 6.42 Å². The molecule has 0 saturated heterocycles. The molecule has 0 heterocycles. The SMILES string of the molecule is NC(=O)c1ccc(Cl)c(NC2CCc3cc(Cl)ccc32)c1. The van der Waals surface area contributed by atoms with Crippen LogP contribution in [0.5, 0.6) is 0 Å². The first-order valence-electron chi connectivity index (χ1n) is 6.69. The molecule has 1 unspecified atom stereocenters. The Morgan fingerprint density at radius 3 is 2.76 bits per heavy atom. The van der Waals surface area contributed by atoms with E-state index in [1.807, 2.05) is 18.2 Å². The van der Waals surface area contributed by atoms with Gasteiger partial charge in [0, 0.05) is 10.6 Å². The number of anilines is 1. The molecule has 0 spiro atoms. The summed E-state index contributed by atoms with van der Waals surface area (Å²) in [6.07, 6.45) is 1.94. The molecule has 5 heteroatoms. The molecule has 0 saturated carbocycles. The number of benzene rings is 2. The Balaban J connectivity index is 1.89. The predicted octanol–water partition coefficient (Wildman–Crippen LogP) is 4.19. The maximum Gasteiger partial charge on any atom is 0.248 e. The summed E-state index contributed by atoms with van der Waals surface area (Å²) in [5.74, 6) is -0.465. The van der Waals surface area contributed by atoms with Crippen molar-refractivity contribution in [3.8, 4) is 0 Å². The average Bonchev–Trinajstić information content (AvgIpc) is 2.83. The molecule has 2 aromatic rings. The monoisotopic (exact) mass is 320 g/mol. The van der Waals surface area contributed by atoms with E-state index in [2.05, 4.69) is 5.32 Å². The van der Waals surface area contributed by atoms with E-state index >= 15 is 0 Å². The molecule has 0 radical (unpaired) electrons. The standard InChI is InChI=1S/C16H14Cl2N2O/c17-11-3-4-12-9(7-11)2-6-14(12)20-15-8-10(16(19)21)1-5-13(15)18/h1,3-5,7-8,14,20H,2,6H2,(H2,19,21). The van der Waals surface area contributed by atoms with Gasteiger partial charge in [0.1, 0.15) is 0 Å². The van der Waals surface area contributed by atoms with Gasteiger partial charge in [-0.15, -0.1) is 0 Å². The molecule has 0 fully saturated rings. The van der Waals surface area contributed by atoms with Crippen molar-refractivity contribution < 1.29 is 4.79 Å². The molecule has 0 aliphatic heterocycles. The first kappa shape index (κ1) is 14.2. The van der Waals surface area contributed by atoms with Gasteiger partial charge in [0.15, 0.2) is 0 Å². The number of nitrogens with one attached hydrogen (secondary N) is 1. The molecule has 1 atom stereocenters. The molecule has 21 heavy (non-hydrogen) atoms. The number of hydrogen-bond donors (Lipinski definition) is 2. The number of aryl methyl sites for hydroxylation is 1. The number of hydrogen-bond acceptors (Lipinski definition) is 2. The smallest absolute Gasteiger partial charge is 0.248 e. The molecule has 108 valence electrons. The number of halogens is 2. The quantitative estimate of drug-likeness (QED) is 0.890. The van der Waals surface area contributed by atoms with E-state index in [-0.39, 0.29) is 6.04 Å². The van der Waals surface area contributed by atoms with E-state index in [1.54, 1.807) is 18.2 Å². The largest absolute Gasteiger partial charge is 0.377 e. The maximum absolute atomic E-state index is 11.3. The molecule has 1 aliphatic rings. The van der Waals surface area contributed by atoms with Crippen LogP contribution in [0.25, 0.3) is 0 Å². The Kier molecular flexibility index (Phi) is 3.79. The van der Waals surface area contributed by atoms with Gasteiger partial charge in [-0.05, 0) is 54.3 Å². The van der Waals surface area contributed by atoms with Crippen LogP contribution < -0.4 is 11.1 Å². The van der Waals surface area contributed by atoms with Crippen molar-refractivity contribution in [3.63, 3.8) is 0 Å². The van der Waals surface area contributed by atoms with E-state index in [1.165, 1.54) is 11.1 Å². The summed E-state index contributed by atoms with van der Waals surface area (Å²) >= 11 is 12.2. The van der Waals surface area contributed by atoms with Gasteiger partial charge in [0.05, 0.1) is 16.8 Å². The van der Waals surface area contributed by atoms with Gasteiger partial charge in [0.2, 0.25) is 5.91 Å². The lowest BCUT2D eigenvalue weighted by atomic mass is 10.1. The van der Waals surface area contributed by atoms with Crippen LogP contribution in [0.2, 0.25) is 10.0 Å². The van der Waals surface area contributed by atoms with Gasteiger partial charge in [-0.25, -0.2) is 0 Å². The summed E-state index contributed by atoms with van der Waals surface area (Å²) in [6.45, 7) is 0. The first-order chi connectivity index (χ1) is 10.0. The van der Waals surface area contributed by atoms with Crippen LogP contribution in [0.4, 0.5) is 5.69 Å². The Morgan fingerprint density at radius 1 is 1.19 bits per heavy atom. The minimum Gasteiger partial charge on any atom is -0.377 e. The molecular formula is C16H14Cl2N2O. The van der Waals surface area contributed by atoms with Crippen molar-refractivity contribution >= 4 is 34.8 Å². The Bertz CT molecular complexity index is 715. The highest BCUT2D eigenvalue weighted by Gasteiger charge is 2.23. The number of nitrogens with two attached hydrogens (primary N) is 1. The second kappa shape index (κ2) is 5.58. The summed E-state index contributed by atoms with van der Waals surface area (Å²) in [5.41, 5.74) is 8.95. The highest BCUT2D eigenvalue weighted by atomic mass is 35.5. The third kappa shape index (κ3) is 2.85. The molecule has 1 aliphatic carbocycles. The molecule has 3 rings (SSSR count). The zero-order chi connectivity index (χ0) is 15.0. The lowest BCUT2D eigenvalue weighted by Gasteiger charge is -2.17. The van der Waals surface area contributed by atoms with Gasteiger partial charge in [-0.3, -0.25) is 4.79 Å². The van der Waals surface area contributed by atoms with Crippen LogP contribution in [0.3, 0.4) is 0 Å². The topological polar surface area (TPSA) is 55.1 Å². The lowest BCUT2D eigenvalue weighted by molar-refractivity contribution is 0.100. The Morgan fingerprint density at radius 2 is 2.00 bits per heavy atom. The van der Waals surface area contributed by atoms with Crippen molar-refractivity contribution in [3.05, 3.63) is 63.1 Å². The molecule has 1 amide bonds. The van der Waals surface area contributed by atoms with Crippen LogP contribution >= 0.6 is 23.2 Å². The minimum absolute atomic E-state index is 0.165. The average molecular weight is 321 g/mol. The Hall–Kier alpha value is -1.71. The van der Waals surface area contributed by atoms with E-state index < -0.39 is 5.91 Å². The van der Waals surface area contributed by atoms with Crippen molar-refractivity contribution in [2.75, 3.05) is 5.32 Å². The second-order valence-corrected chi connectivity index (χ2v) is 5.98. The normalized spacial score (nSPS) is 16.6. The third-order valence-electron chi connectivity index (χ3n) is 3.76. The number of fused-ring (bicyclic) bond motifs is 1. The van der Waals surface area contributed by atoms with Gasteiger partial charge in [-0.2, -0.15) is 0 Å². The van der Waals surface area contributed by atoms with Crippen molar-refractivity contribution in [1.29, 1.82) is 0 Å². The Labute approximate surface area is 133 Å². The summed E-state index contributed by atoms with van der Waals surface area (Å²) in [6, 6.07) is 11.1. The molecule has 3 N–H and O–H groups in total. The van der Waals surface area contributed by atoms with Crippen LogP contribution in [-0.4, -0.2) is 5.91 Å². The fourth-order valence-corrected chi connectivity index (χ4v) is 3.08. The highest BCUT2D eigenvalue weighted by Crippen LogP contribution is 2.37. The van der Waals surface area contributed by atoms with Crippen LogP contribution in [0.1, 0.15) is 33.9 Å². The highest BCUT2D eigenvalue weighted by molar-refractivity contribution is 6.33. The summed E-state index contributed by atoms with van der Waals surface area (Å²) in [5, 5.41) is 4.72. The number of carbonyl (C=O) groups excluding carboxylic acids is 1. The maximum atomic E-state index is 11.3. The van der Waals surface area contributed by atoms with E-state index in [4.69, 9.17) is 28.9 Å². The van der Waals surface area contributed by atoms with E-state index in [0.29, 0.717) is 10.6 Å². The minimum atomic E-state index is -0.465. The van der Waals surface area contributed by atoms with Crippen molar-refractivity contribution in [1.82, 2.24) is 0 Å². The lowest BCUT2D eigenvalue weighted by Crippen LogP contribution is -2.12. The molecule has 0 aromatic heterocycles. The number of primary amides is 1. The molecule has 2 aromatic carbocycles. The van der Waals surface area contributed by atoms with Gasteiger partial charge in [0.25, 0.3) is 0 Å². The van der Waals surface area contributed by atoms with Crippen LogP contribution in [0, 0.1) is 0 Å². The number of rotatable bonds is 3. The van der Waals surface area contributed by atoms with Crippen molar-refractivity contribution in [2.24, 2.45) is 5.73 Å². The first-order valence-corrected chi connectivity index (χ1v) is 7.44. The summed E-state index contributed by atoms with van der Waals surface area (Å²) in [4.78, 5) is 11.3. The molecule has 3 nitrogen and oxygen atoms in total. The third-order valence-corrected chi connectivity index (χ3v) is 4.33.